The molecular formula is C23H16N8. The number of benzene rings is 3. The van der Waals surface area contributed by atoms with Gasteiger partial charge in [-0.1, -0.05) is 36.4 Å². The van der Waals surface area contributed by atoms with Crippen LogP contribution in [0.1, 0.15) is 0 Å². The number of para-hydroxylation sites is 2. The Hall–Kier alpha value is -4.59. The Labute approximate surface area is 175 Å². The van der Waals surface area contributed by atoms with Gasteiger partial charge in [0.25, 0.3) is 0 Å². The Balaban J connectivity index is 1.84. The van der Waals surface area contributed by atoms with Crippen LogP contribution >= 0.6 is 0 Å². The molecule has 0 radical (unpaired) electrons. The number of fused-ring (bicyclic) bond motifs is 6. The summed E-state index contributed by atoms with van der Waals surface area (Å²) < 4.78 is 3.83. The Morgan fingerprint density at radius 2 is 1.45 bits per heavy atom. The van der Waals surface area contributed by atoms with Gasteiger partial charge in [0.1, 0.15) is 12.7 Å². The van der Waals surface area contributed by atoms with E-state index in [1.54, 1.807) is 0 Å². The van der Waals surface area contributed by atoms with E-state index in [-0.39, 0.29) is 5.96 Å². The van der Waals surface area contributed by atoms with Crippen LogP contribution in [0.2, 0.25) is 0 Å². The van der Waals surface area contributed by atoms with E-state index in [4.69, 9.17) is 11.1 Å². The predicted octanol–water partition coefficient (Wildman–Crippen LogP) is 3.85. The molecule has 0 fully saturated rings. The molecule has 0 amide bonds. The highest BCUT2D eigenvalue weighted by molar-refractivity contribution is 6.21. The first-order valence-corrected chi connectivity index (χ1v) is 9.70. The summed E-state index contributed by atoms with van der Waals surface area (Å²) in [6.45, 7) is 0. The molecule has 0 aliphatic carbocycles. The average molecular weight is 404 g/mol. The summed E-state index contributed by atoms with van der Waals surface area (Å²) in [5.41, 5.74) is 9.20. The second-order valence-corrected chi connectivity index (χ2v) is 7.13. The molecule has 31 heavy (non-hydrogen) atoms. The van der Waals surface area contributed by atoms with Gasteiger partial charge in [-0.15, -0.1) is 0 Å². The van der Waals surface area contributed by atoms with E-state index in [9.17, 15) is 0 Å². The van der Waals surface area contributed by atoms with Gasteiger partial charge >= 0.3 is 0 Å². The Kier molecular flexibility index (Phi) is 3.60. The lowest BCUT2D eigenvalue weighted by Gasteiger charge is -2.06. The van der Waals surface area contributed by atoms with Gasteiger partial charge in [-0.25, -0.2) is 19.9 Å². The fourth-order valence-corrected chi connectivity index (χ4v) is 4.35. The quantitative estimate of drug-likeness (QED) is 0.320. The van der Waals surface area contributed by atoms with Crippen LogP contribution in [0.25, 0.3) is 49.6 Å². The average Bonchev–Trinajstić information content (AvgIpc) is 3.31. The molecule has 0 aliphatic rings. The molecule has 0 unspecified atom stereocenters. The van der Waals surface area contributed by atoms with Gasteiger partial charge < -0.3 is 5.73 Å². The van der Waals surface area contributed by atoms with Crippen LogP contribution in [-0.4, -0.2) is 36.4 Å². The van der Waals surface area contributed by atoms with Gasteiger partial charge in [-0.3, -0.25) is 14.5 Å². The van der Waals surface area contributed by atoms with Crippen LogP contribution in [0, 0.1) is 5.41 Å². The van der Waals surface area contributed by atoms with E-state index >= 15 is 0 Å². The molecule has 3 aromatic heterocycles. The number of aromatic nitrogens is 5. The van der Waals surface area contributed by atoms with Crippen LogP contribution < -0.4 is 5.73 Å². The lowest BCUT2D eigenvalue weighted by molar-refractivity contribution is 0.940. The molecule has 8 nitrogen and oxygen atoms in total. The van der Waals surface area contributed by atoms with Crippen LogP contribution in [0.3, 0.4) is 0 Å². The number of aliphatic imine (C=N–C) groups is 1. The first kappa shape index (κ1) is 17.3. The van der Waals surface area contributed by atoms with Crippen molar-refractivity contribution in [2.45, 2.75) is 0 Å². The number of nitrogens with two attached hydrogens (primary N) is 1. The summed E-state index contributed by atoms with van der Waals surface area (Å²) in [6.07, 6.45) is 4.12. The summed E-state index contributed by atoms with van der Waals surface area (Å²) >= 11 is 0. The fourth-order valence-electron chi connectivity index (χ4n) is 4.35. The van der Waals surface area contributed by atoms with Crippen molar-refractivity contribution in [3.8, 4) is 5.95 Å². The lowest BCUT2D eigenvalue weighted by atomic mass is 10.1. The Morgan fingerprint density at radius 1 is 0.806 bits per heavy atom. The molecule has 3 heterocycles. The SMILES string of the molecule is N=C(N=CN)n1c2ccccc2c2cc3c4ccccc4n(-c4ncncn4)c3cc21. The molecule has 6 rings (SSSR count). The maximum atomic E-state index is 8.49. The molecule has 0 spiro atoms. The van der Waals surface area contributed by atoms with Crippen LogP contribution in [0.5, 0.6) is 0 Å². The predicted molar refractivity (Wildman–Crippen MR) is 123 cm³/mol. The van der Waals surface area contributed by atoms with Crippen molar-refractivity contribution in [2.75, 3.05) is 0 Å². The second-order valence-electron chi connectivity index (χ2n) is 7.13. The van der Waals surface area contributed by atoms with Gasteiger partial charge in [0.05, 0.1) is 28.4 Å². The second kappa shape index (κ2) is 6.46. The highest BCUT2D eigenvalue weighted by atomic mass is 15.2. The maximum absolute atomic E-state index is 8.49. The summed E-state index contributed by atoms with van der Waals surface area (Å²) in [5, 5.41) is 12.8. The monoisotopic (exact) mass is 404 g/mol. The largest absolute Gasteiger partial charge is 0.390 e. The zero-order valence-corrected chi connectivity index (χ0v) is 16.3. The number of nitrogens with one attached hydrogen (secondary N) is 1. The zero-order chi connectivity index (χ0) is 20.9. The molecule has 8 heteroatoms. The number of hydrogen-bond acceptors (Lipinski definition) is 4. The van der Waals surface area contributed by atoms with E-state index < -0.39 is 0 Å². The minimum absolute atomic E-state index is 0.0517. The molecule has 148 valence electrons. The summed E-state index contributed by atoms with van der Waals surface area (Å²) in [4.78, 5) is 16.8. The zero-order valence-electron chi connectivity index (χ0n) is 16.3. The third-order valence-corrected chi connectivity index (χ3v) is 5.55. The molecule has 3 aromatic carbocycles. The van der Waals surface area contributed by atoms with Crippen molar-refractivity contribution in [2.24, 2.45) is 10.7 Å². The van der Waals surface area contributed by atoms with E-state index in [0.717, 1.165) is 50.0 Å². The van der Waals surface area contributed by atoms with Gasteiger partial charge in [0, 0.05) is 21.5 Å². The number of rotatable bonds is 1. The normalized spacial score (nSPS) is 12.0. The Morgan fingerprint density at radius 3 is 2.19 bits per heavy atom. The molecule has 6 aromatic rings. The third kappa shape index (κ3) is 2.39. The maximum Gasteiger partial charge on any atom is 0.237 e. The van der Waals surface area contributed by atoms with Crippen LogP contribution in [-0.2, 0) is 0 Å². The fraction of sp³-hybridized carbons (Fsp3) is 0. The number of hydrogen-bond donors (Lipinski definition) is 2. The van der Waals surface area contributed by atoms with E-state index in [2.05, 4.69) is 50.3 Å². The highest BCUT2D eigenvalue weighted by Crippen LogP contribution is 2.37. The van der Waals surface area contributed by atoms with Crippen molar-refractivity contribution in [1.29, 1.82) is 5.41 Å². The van der Waals surface area contributed by atoms with Gasteiger partial charge in [-0.05, 0) is 24.3 Å². The summed E-state index contributed by atoms with van der Waals surface area (Å²) in [6, 6.07) is 20.4. The Bertz CT molecular complexity index is 1660. The van der Waals surface area contributed by atoms with Crippen molar-refractivity contribution >= 4 is 55.9 Å². The van der Waals surface area contributed by atoms with Gasteiger partial charge in [0.2, 0.25) is 11.9 Å². The first-order chi connectivity index (χ1) is 15.3. The molecule has 0 saturated carbocycles. The van der Waals surface area contributed by atoms with Crippen LogP contribution in [0.4, 0.5) is 0 Å². The van der Waals surface area contributed by atoms with E-state index in [1.165, 1.54) is 12.7 Å². The minimum Gasteiger partial charge on any atom is -0.390 e. The molecular weight excluding hydrogens is 388 g/mol. The van der Waals surface area contributed by atoms with Gasteiger partial charge in [-0.2, -0.15) is 0 Å². The topological polar surface area (TPSA) is 111 Å². The van der Waals surface area contributed by atoms with E-state index in [0.29, 0.717) is 5.95 Å². The van der Waals surface area contributed by atoms with Crippen molar-refractivity contribution in [3.05, 3.63) is 73.3 Å². The molecule has 0 atom stereocenters. The lowest BCUT2D eigenvalue weighted by Crippen LogP contribution is -2.09. The molecule has 0 aliphatic heterocycles. The van der Waals surface area contributed by atoms with Crippen molar-refractivity contribution in [3.63, 3.8) is 0 Å². The number of nitrogens with zero attached hydrogens (tertiary/aromatic N) is 6. The van der Waals surface area contributed by atoms with Crippen molar-refractivity contribution in [1.82, 2.24) is 24.1 Å². The van der Waals surface area contributed by atoms with Crippen molar-refractivity contribution < 1.29 is 0 Å². The van der Waals surface area contributed by atoms with Crippen LogP contribution in [0.15, 0.2) is 78.3 Å². The minimum atomic E-state index is 0.0517. The van der Waals surface area contributed by atoms with E-state index in [1.807, 2.05) is 39.5 Å². The first-order valence-electron chi connectivity index (χ1n) is 9.70. The molecule has 0 saturated heterocycles. The smallest absolute Gasteiger partial charge is 0.237 e. The highest BCUT2D eigenvalue weighted by Gasteiger charge is 2.19. The standard InChI is InChI=1S/C23H16N8/c24-11-27-22(25)30-18-7-3-1-5-14(18)16-9-17-15-6-2-4-8-19(15)31(21(17)10-20(16)30)23-28-12-26-13-29-23/h1-13H,(H3,24,25,27). The van der Waals surface area contributed by atoms with Gasteiger partial charge in [0.15, 0.2) is 0 Å². The molecule has 0 bridgehead atoms. The summed E-state index contributed by atoms with van der Waals surface area (Å²) in [7, 11) is 0. The third-order valence-electron chi connectivity index (χ3n) is 5.55. The summed E-state index contributed by atoms with van der Waals surface area (Å²) in [5.74, 6) is 0.592. The molecule has 3 N–H and O–H groups in total.